The van der Waals surface area contributed by atoms with Gasteiger partial charge in [0.05, 0.1) is 0 Å². The molecule has 0 N–H and O–H groups in total. The third-order valence-electron chi connectivity index (χ3n) is 1.70. The summed E-state index contributed by atoms with van der Waals surface area (Å²) in [6, 6.07) is 0. The average molecular weight is 172 g/mol. The summed E-state index contributed by atoms with van der Waals surface area (Å²) < 4.78 is 25.5. The first-order valence-corrected chi connectivity index (χ1v) is 3.82. The van der Waals surface area contributed by atoms with Crippen molar-refractivity contribution < 1.29 is 13.6 Å². The van der Waals surface area contributed by atoms with E-state index in [1.165, 1.54) is 6.92 Å². The molecule has 0 fully saturated rings. The van der Waals surface area contributed by atoms with Gasteiger partial charge in [-0.1, -0.05) is 0 Å². The minimum absolute atomic E-state index is 0.000741. The highest BCUT2D eigenvalue weighted by Crippen LogP contribution is 2.27. The first kappa shape index (κ1) is 9.10. The number of halogens is 2. The van der Waals surface area contributed by atoms with Crippen molar-refractivity contribution in [1.82, 2.24) is 0 Å². The van der Waals surface area contributed by atoms with E-state index in [0.717, 1.165) is 6.08 Å². The highest BCUT2D eigenvalue weighted by Gasteiger charge is 2.13. The molecule has 0 saturated carbocycles. The Morgan fingerprint density at radius 1 is 1.50 bits per heavy atom. The number of Topliss-reactive ketones (excluding diaryl/α,β-unsaturated/α-hetero) is 1. The molecule has 3 heteroatoms. The number of hydrogen-bond donors (Lipinski definition) is 0. The van der Waals surface area contributed by atoms with E-state index in [2.05, 4.69) is 0 Å². The number of rotatable bonds is 2. The first-order chi connectivity index (χ1) is 5.59. The van der Waals surface area contributed by atoms with Crippen LogP contribution in [-0.2, 0) is 4.79 Å². The van der Waals surface area contributed by atoms with Crippen LogP contribution < -0.4 is 0 Å². The van der Waals surface area contributed by atoms with Gasteiger partial charge in [0.15, 0.2) is 0 Å². The lowest BCUT2D eigenvalue weighted by Crippen LogP contribution is -1.98. The normalized spacial score (nSPS) is 17.8. The van der Waals surface area contributed by atoms with Gasteiger partial charge in [0.25, 0.3) is 0 Å². The van der Waals surface area contributed by atoms with E-state index in [9.17, 15) is 13.6 Å². The Bertz CT molecular complexity index is 264. The van der Waals surface area contributed by atoms with E-state index in [0.29, 0.717) is 0 Å². The van der Waals surface area contributed by atoms with Crippen LogP contribution in [0.2, 0.25) is 0 Å². The maximum Gasteiger partial charge on any atom is 0.134 e. The predicted octanol–water partition coefficient (Wildman–Crippen LogP) is 2.84. The van der Waals surface area contributed by atoms with E-state index < -0.39 is 0 Å². The number of carbonyl (C=O) groups is 1. The van der Waals surface area contributed by atoms with Gasteiger partial charge >= 0.3 is 0 Å². The molecule has 66 valence electrons. The molecule has 0 aromatic carbocycles. The molecule has 1 nitrogen and oxygen atoms in total. The SMILES string of the molecule is CC(=O)CC1=C(F)CCC(F)=C1. The van der Waals surface area contributed by atoms with Crippen molar-refractivity contribution in [3.63, 3.8) is 0 Å². The fourth-order valence-electron chi connectivity index (χ4n) is 1.14. The molecule has 0 radical (unpaired) electrons. The highest BCUT2D eigenvalue weighted by atomic mass is 19.1. The molecule has 0 amide bonds. The summed E-state index contributed by atoms with van der Waals surface area (Å²) in [5.41, 5.74) is 0.200. The van der Waals surface area contributed by atoms with Gasteiger partial charge in [0, 0.05) is 19.3 Å². The second kappa shape index (κ2) is 3.61. The molecule has 0 unspecified atom stereocenters. The summed E-state index contributed by atoms with van der Waals surface area (Å²) in [5.74, 6) is -0.842. The van der Waals surface area contributed by atoms with Gasteiger partial charge in [-0.2, -0.15) is 0 Å². The van der Waals surface area contributed by atoms with E-state index in [-0.39, 0.29) is 42.3 Å². The van der Waals surface area contributed by atoms with Gasteiger partial charge in [0.2, 0.25) is 0 Å². The largest absolute Gasteiger partial charge is 0.300 e. The van der Waals surface area contributed by atoms with E-state index in [1.54, 1.807) is 0 Å². The predicted molar refractivity (Wildman–Crippen MR) is 41.9 cm³/mol. The van der Waals surface area contributed by atoms with Crippen molar-refractivity contribution in [2.24, 2.45) is 0 Å². The van der Waals surface area contributed by atoms with Crippen molar-refractivity contribution in [1.29, 1.82) is 0 Å². The van der Waals surface area contributed by atoms with Crippen LogP contribution in [0, 0.1) is 0 Å². The summed E-state index contributed by atoms with van der Waals surface area (Å²) in [6.07, 6.45) is 1.33. The molecular weight excluding hydrogens is 162 g/mol. The fraction of sp³-hybridized carbons (Fsp3) is 0.444. The molecule has 1 aliphatic rings. The Balaban J connectivity index is 2.78. The molecule has 0 aromatic heterocycles. The van der Waals surface area contributed by atoms with Gasteiger partial charge in [-0.05, 0) is 18.6 Å². The first-order valence-electron chi connectivity index (χ1n) is 3.82. The van der Waals surface area contributed by atoms with Crippen LogP contribution >= 0.6 is 0 Å². The molecular formula is C9H10F2O. The molecule has 0 saturated heterocycles. The second-order valence-electron chi connectivity index (χ2n) is 2.90. The summed E-state index contributed by atoms with van der Waals surface area (Å²) in [7, 11) is 0. The Kier molecular flexibility index (Phi) is 2.74. The Morgan fingerprint density at radius 3 is 2.75 bits per heavy atom. The van der Waals surface area contributed by atoms with Crippen molar-refractivity contribution in [2.45, 2.75) is 26.2 Å². The number of hydrogen-bond acceptors (Lipinski definition) is 1. The van der Waals surface area contributed by atoms with Crippen molar-refractivity contribution in [2.75, 3.05) is 0 Å². The molecule has 0 aromatic rings. The van der Waals surface area contributed by atoms with Gasteiger partial charge in [-0.15, -0.1) is 0 Å². The molecule has 12 heavy (non-hydrogen) atoms. The summed E-state index contributed by atoms with van der Waals surface area (Å²) >= 11 is 0. The smallest absolute Gasteiger partial charge is 0.134 e. The Morgan fingerprint density at radius 2 is 2.17 bits per heavy atom. The lowest BCUT2D eigenvalue weighted by molar-refractivity contribution is -0.116. The summed E-state index contributed by atoms with van der Waals surface area (Å²) in [4.78, 5) is 10.6. The van der Waals surface area contributed by atoms with Gasteiger partial charge < -0.3 is 0 Å². The summed E-state index contributed by atoms with van der Waals surface area (Å²) in [6.45, 7) is 1.36. The van der Waals surface area contributed by atoms with Crippen LogP contribution in [0.3, 0.4) is 0 Å². The number of ketones is 1. The zero-order chi connectivity index (χ0) is 9.14. The quantitative estimate of drug-likeness (QED) is 0.625. The van der Waals surface area contributed by atoms with Crippen molar-refractivity contribution in [3.05, 3.63) is 23.3 Å². The Labute approximate surface area is 69.8 Å². The highest BCUT2D eigenvalue weighted by molar-refractivity contribution is 5.79. The molecule has 0 bridgehead atoms. The van der Waals surface area contributed by atoms with Crippen LogP contribution in [0.4, 0.5) is 8.78 Å². The van der Waals surface area contributed by atoms with Gasteiger partial charge in [-0.25, -0.2) is 8.78 Å². The minimum Gasteiger partial charge on any atom is -0.300 e. The third kappa shape index (κ3) is 2.26. The molecule has 0 heterocycles. The minimum atomic E-state index is -0.355. The van der Waals surface area contributed by atoms with Gasteiger partial charge in [0.1, 0.15) is 17.4 Å². The van der Waals surface area contributed by atoms with Crippen LogP contribution in [0.25, 0.3) is 0 Å². The monoisotopic (exact) mass is 172 g/mol. The van der Waals surface area contributed by atoms with Crippen molar-refractivity contribution in [3.8, 4) is 0 Å². The zero-order valence-corrected chi connectivity index (χ0v) is 6.86. The number of carbonyl (C=O) groups excluding carboxylic acids is 1. The van der Waals surface area contributed by atoms with Crippen LogP contribution in [0.15, 0.2) is 23.3 Å². The van der Waals surface area contributed by atoms with Crippen molar-refractivity contribution >= 4 is 5.78 Å². The standard InChI is InChI=1S/C9H10F2O/c1-6(12)4-7-5-8(10)2-3-9(7)11/h5H,2-4H2,1H3. The molecule has 0 aliphatic heterocycles. The molecule has 0 spiro atoms. The maximum atomic E-state index is 12.9. The lowest BCUT2D eigenvalue weighted by Gasteiger charge is -2.09. The third-order valence-corrected chi connectivity index (χ3v) is 1.70. The van der Waals surface area contributed by atoms with Crippen LogP contribution in [-0.4, -0.2) is 5.78 Å². The molecule has 1 rings (SSSR count). The van der Waals surface area contributed by atoms with Crippen LogP contribution in [0.5, 0.6) is 0 Å². The van der Waals surface area contributed by atoms with E-state index in [1.807, 2.05) is 0 Å². The van der Waals surface area contributed by atoms with Gasteiger partial charge in [-0.3, -0.25) is 4.79 Å². The maximum absolute atomic E-state index is 12.9. The number of allylic oxidation sites excluding steroid dienone is 4. The topological polar surface area (TPSA) is 17.1 Å². The Hall–Kier alpha value is -0.990. The zero-order valence-electron chi connectivity index (χ0n) is 6.86. The molecule has 0 atom stereocenters. The average Bonchev–Trinajstić information content (AvgIpc) is 1.96. The van der Waals surface area contributed by atoms with E-state index >= 15 is 0 Å². The lowest BCUT2D eigenvalue weighted by atomic mass is 10.0. The summed E-state index contributed by atoms with van der Waals surface area (Å²) in [5, 5.41) is 0. The second-order valence-corrected chi connectivity index (χ2v) is 2.90. The van der Waals surface area contributed by atoms with E-state index in [4.69, 9.17) is 0 Å². The van der Waals surface area contributed by atoms with Crippen LogP contribution in [0.1, 0.15) is 26.2 Å². The fourth-order valence-corrected chi connectivity index (χ4v) is 1.14. The molecule has 1 aliphatic carbocycles.